The van der Waals surface area contributed by atoms with E-state index in [-0.39, 0.29) is 11.7 Å². The number of thioether (sulfide) groups is 1. The van der Waals surface area contributed by atoms with Gasteiger partial charge in [-0.2, -0.15) is 0 Å². The van der Waals surface area contributed by atoms with E-state index in [0.717, 1.165) is 47.3 Å². The molecule has 1 aliphatic rings. The number of carbonyl (C=O) groups is 1. The average Bonchev–Trinajstić information content (AvgIpc) is 3.15. The Bertz CT molecular complexity index is 1250. The molecule has 0 bridgehead atoms. The lowest BCUT2D eigenvalue weighted by Gasteiger charge is -2.13. The number of amides is 1. The van der Waals surface area contributed by atoms with Crippen molar-refractivity contribution in [3.8, 4) is 5.75 Å². The average molecular weight is 435 g/mol. The Morgan fingerprint density at radius 2 is 2.03 bits per heavy atom. The van der Waals surface area contributed by atoms with Crippen molar-refractivity contribution in [2.45, 2.75) is 37.6 Å². The molecule has 1 amide bonds. The van der Waals surface area contributed by atoms with Gasteiger partial charge in [-0.3, -0.25) is 4.79 Å². The number of carbonyl (C=O) groups excluding carboxylic acids is 1. The predicted octanol–water partition coefficient (Wildman–Crippen LogP) is 4.78. The van der Waals surface area contributed by atoms with Gasteiger partial charge >= 0.3 is 0 Å². The second kappa shape index (κ2) is 8.55. The molecular formula is C23H22N4O3S. The minimum atomic E-state index is -0.120. The molecule has 31 heavy (non-hydrogen) atoms. The van der Waals surface area contributed by atoms with Crippen LogP contribution in [0.1, 0.15) is 31.0 Å². The fourth-order valence-corrected chi connectivity index (χ4v) is 4.57. The van der Waals surface area contributed by atoms with E-state index in [1.54, 1.807) is 0 Å². The van der Waals surface area contributed by atoms with Crippen molar-refractivity contribution in [3.05, 3.63) is 47.9 Å². The van der Waals surface area contributed by atoms with Crippen LogP contribution in [-0.4, -0.2) is 33.2 Å². The maximum absolute atomic E-state index is 12.4. The minimum absolute atomic E-state index is 0.120. The summed E-state index contributed by atoms with van der Waals surface area (Å²) in [5.74, 6) is 0.865. The van der Waals surface area contributed by atoms with Crippen LogP contribution in [0.2, 0.25) is 0 Å². The number of hydrogen-bond acceptors (Lipinski definition) is 7. The third-order valence-electron chi connectivity index (χ3n) is 5.28. The van der Waals surface area contributed by atoms with Gasteiger partial charge in [0.05, 0.1) is 17.7 Å². The maximum Gasteiger partial charge on any atom is 0.234 e. The van der Waals surface area contributed by atoms with Gasteiger partial charge in [-0.05, 0) is 68.5 Å². The molecule has 4 aromatic rings. The van der Waals surface area contributed by atoms with Crippen LogP contribution in [0, 0.1) is 0 Å². The van der Waals surface area contributed by atoms with Crippen molar-refractivity contribution in [3.63, 3.8) is 0 Å². The van der Waals surface area contributed by atoms with Crippen LogP contribution in [0.25, 0.3) is 22.2 Å². The van der Waals surface area contributed by atoms with Gasteiger partial charge in [0, 0.05) is 11.4 Å². The van der Waals surface area contributed by atoms with Crippen LogP contribution in [-0.2, 0) is 17.6 Å². The first-order valence-electron chi connectivity index (χ1n) is 10.4. The highest BCUT2D eigenvalue weighted by molar-refractivity contribution is 8.00. The second-order valence-electron chi connectivity index (χ2n) is 7.41. The monoisotopic (exact) mass is 434 g/mol. The van der Waals surface area contributed by atoms with Crippen LogP contribution in [0.4, 0.5) is 5.69 Å². The molecule has 0 aliphatic heterocycles. The van der Waals surface area contributed by atoms with Crippen LogP contribution in [0.5, 0.6) is 5.75 Å². The summed E-state index contributed by atoms with van der Waals surface area (Å²) in [6.45, 7) is 2.54. The number of anilines is 1. The number of aromatic nitrogens is 3. The van der Waals surface area contributed by atoms with Crippen LogP contribution >= 0.6 is 11.8 Å². The third-order valence-corrected chi connectivity index (χ3v) is 6.25. The summed E-state index contributed by atoms with van der Waals surface area (Å²) in [5, 5.41) is 4.45. The highest BCUT2D eigenvalue weighted by Crippen LogP contribution is 2.34. The van der Waals surface area contributed by atoms with Crippen molar-refractivity contribution in [1.82, 2.24) is 15.0 Å². The molecule has 0 saturated heterocycles. The SMILES string of the molecule is CCOc1ccc(NC(=O)CSc2ncnc3c2oc2nc4c(cc23)CCCC4)cc1. The Hall–Kier alpha value is -3.13. The van der Waals surface area contributed by atoms with E-state index >= 15 is 0 Å². The lowest BCUT2D eigenvalue weighted by Crippen LogP contribution is -2.14. The summed E-state index contributed by atoms with van der Waals surface area (Å²) in [7, 11) is 0. The van der Waals surface area contributed by atoms with Crippen molar-refractivity contribution in [2.24, 2.45) is 0 Å². The summed E-state index contributed by atoms with van der Waals surface area (Å²) in [6, 6.07) is 9.47. The van der Waals surface area contributed by atoms with Gasteiger partial charge in [-0.1, -0.05) is 11.8 Å². The van der Waals surface area contributed by atoms with Gasteiger partial charge in [-0.15, -0.1) is 0 Å². The maximum atomic E-state index is 12.4. The smallest absolute Gasteiger partial charge is 0.234 e. The summed E-state index contributed by atoms with van der Waals surface area (Å²) in [6.07, 6.45) is 5.90. The van der Waals surface area contributed by atoms with Crippen molar-refractivity contribution in [2.75, 3.05) is 17.7 Å². The minimum Gasteiger partial charge on any atom is -0.494 e. The Kier molecular flexibility index (Phi) is 5.46. The Balaban J connectivity index is 1.33. The summed E-state index contributed by atoms with van der Waals surface area (Å²) in [5.41, 5.74) is 5.06. The predicted molar refractivity (Wildman–Crippen MR) is 121 cm³/mol. The molecule has 0 saturated carbocycles. The fourth-order valence-electron chi connectivity index (χ4n) is 3.84. The first kappa shape index (κ1) is 19.8. The van der Waals surface area contributed by atoms with Crippen LogP contribution < -0.4 is 10.1 Å². The molecule has 1 aromatic carbocycles. The molecule has 0 spiro atoms. The molecule has 8 heteroatoms. The topological polar surface area (TPSA) is 90.1 Å². The number of nitrogens with one attached hydrogen (secondary N) is 1. The summed E-state index contributed by atoms with van der Waals surface area (Å²) in [4.78, 5) is 25.9. The van der Waals surface area contributed by atoms with E-state index in [4.69, 9.17) is 14.1 Å². The summed E-state index contributed by atoms with van der Waals surface area (Å²) >= 11 is 1.33. The van der Waals surface area contributed by atoms with Crippen LogP contribution in [0.15, 0.2) is 46.1 Å². The number of pyridine rings is 1. The second-order valence-corrected chi connectivity index (χ2v) is 8.37. The highest BCUT2D eigenvalue weighted by atomic mass is 32.2. The van der Waals surface area contributed by atoms with Gasteiger partial charge in [0.2, 0.25) is 11.6 Å². The van der Waals surface area contributed by atoms with E-state index < -0.39 is 0 Å². The van der Waals surface area contributed by atoms with E-state index in [1.165, 1.54) is 30.1 Å². The number of aryl methyl sites for hydroxylation is 2. The molecule has 158 valence electrons. The van der Waals surface area contributed by atoms with Gasteiger partial charge in [0.25, 0.3) is 0 Å². The number of ether oxygens (including phenoxy) is 1. The number of nitrogens with zero attached hydrogens (tertiary/aromatic N) is 3. The molecule has 7 nitrogen and oxygen atoms in total. The molecule has 0 atom stereocenters. The molecule has 3 heterocycles. The van der Waals surface area contributed by atoms with Gasteiger partial charge in [0.1, 0.15) is 22.6 Å². The Labute approximate surface area is 183 Å². The largest absolute Gasteiger partial charge is 0.494 e. The lowest BCUT2D eigenvalue weighted by molar-refractivity contribution is -0.113. The van der Waals surface area contributed by atoms with E-state index in [0.29, 0.717) is 22.9 Å². The van der Waals surface area contributed by atoms with Crippen molar-refractivity contribution >= 4 is 45.6 Å². The Morgan fingerprint density at radius 1 is 1.19 bits per heavy atom. The lowest BCUT2D eigenvalue weighted by atomic mass is 9.95. The molecule has 1 N–H and O–H groups in total. The number of fused-ring (bicyclic) bond motifs is 4. The van der Waals surface area contributed by atoms with Crippen molar-refractivity contribution < 1.29 is 13.9 Å². The van der Waals surface area contributed by atoms with E-state index in [9.17, 15) is 4.79 Å². The zero-order valence-corrected chi connectivity index (χ0v) is 18.0. The number of hydrogen-bond donors (Lipinski definition) is 1. The van der Waals surface area contributed by atoms with Gasteiger partial charge < -0.3 is 14.5 Å². The first-order valence-corrected chi connectivity index (χ1v) is 11.4. The number of benzene rings is 1. The van der Waals surface area contributed by atoms with Gasteiger partial charge in [0.15, 0.2) is 5.58 Å². The molecule has 3 aromatic heterocycles. The molecule has 5 rings (SSSR count). The van der Waals surface area contributed by atoms with Gasteiger partial charge in [-0.25, -0.2) is 15.0 Å². The standard InChI is InChI=1S/C23H22N4O3S/c1-2-29-16-9-7-15(8-10-16)26-19(28)12-31-23-21-20(24-13-25-23)17-11-14-5-3-4-6-18(14)27-22(17)30-21/h7-11,13H,2-6,12H2,1H3,(H,26,28). The normalized spacial score (nSPS) is 13.3. The van der Waals surface area contributed by atoms with E-state index in [1.807, 2.05) is 31.2 Å². The highest BCUT2D eigenvalue weighted by Gasteiger charge is 2.19. The third kappa shape index (κ3) is 4.07. The molecule has 0 fully saturated rings. The van der Waals surface area contributed by atoms with Crippen molar-refractivity contribution in [1.29, 1.82) is 0 Å². The zero-order chi connectivity index (χ0) is 21.2. The fraction of sp³-hybridized carbons (Fsp3) is 0.304. The Morgan fingerprint density at radius 3 is 2.87 bits per heavy atom. The van der Waals surface area contributed by atoms with E-state index in [2.05, 4.69) is 21.4 Å². The molecule has 1 aliphatic carbocycles. The molecule has 0 radical (unpaired) electrons. The van der Waals surface area contributed by atoms with Crippen LogP contribution in [0.3, 0.4) is 0 Å². The number of rotatable bonds is 6. The quantitative estimate of drug-likeness (QED) is 0.345. The number of furan rings is 1. The first-order chi connectivity index (χ1) is 15.2. The zero-order valence-electron chi connectivity index (χ0n) is 17.2. The molecular weight excluding hydrogens is 412 g/mol. The summed E-state index contributed by atoms with van der Waals surface area (Å²) < 4.78 is 11.5. The molecule has 0 unspecified atom stereocenters.